The molecule has 3 N–H and O–H groups in total. The lowest BCUT2D eigenvalue weighted by molar-refractivity contribution is -0.384. The van der Waals surface area contributed by atoms with E-state index in [-0.39, 0.29) is 12.2 Å². The van der Waals surface area contributed by atoms with Crippen LogP contribution >= 0.6 is 0 Å². The Morgan fingerprint density at radius 3 is 2.75 bits per heavy atom. The van der Waals surface area contributed by atoms with Gasteiger partial charge in [0.1, 0.15) is 11.5 Å². The van der Waals surface area contributed by atoms with Crippen molar-refractivity contribution in [1.82, 2.24) is 0 Å². The van der Waals surface area contributed by atoms with Gasteiger partial charge in [0, 0.05) is 6.54 Å². The van der Waals surface area contributed by atoms with Crippen molar-refractivity contribution in [3.63, 3.8) is 0 Å². The number of nitrogens with one attached hydrogen (secondary N) is 1. The number of hydrogen-bond acceptors (Lipinski definition) is 7. The number of anilines is 1. The number of aliphatic hydroxyl groups is 2. The predicted octanol–water partition coefficient (Wildman–Crippen LogP) is 0.286. The van der Waals surface area contributed by atoms with E-state index in [1.165, 1.54) is 0 Å². The number of benzene rings is 1. The number of nitro groups is 1. The molecule has 0 saturated heterocycles. The van der Waals surface area contributed by atoms with Crippen LogP contribution in [0.2, 0.25) is 0 Å². The summed E-state index contributed by atoms with van der Waals surface area (Å²) >= 11 is 0. The zero-order valence-electron chi connectivity index (χ0n) is 10.5. The topological polar surface area (TPSA) is 122 Å². The highest BCUT2D eigenvalue weighted by atomic mass is 19.1. The molecular formula is C11H13FN2O6. The molecule has 0 spiro atoms. The zero-order chi connectivity index (χ0) is 15.3. The van der Waals surface area contributed by atoms with Crippen molar-refractivity contribution in [2.75, 3.05) is 25.6 Å². The van der Waals surface area contributed by atoms with Gasteiger partial charge in [-0.25, -0.2) is 9.18 Å². The smallest absolute Gasteiger partial charge is 0.340 e. The highest BCUT2D eigenvalue weighted by molar-refractivity contribution is 5.91. The van der Waals surface area contributed by atoms with E-state index < -0.39 is 40.7 Å². The zero-order valence-corrected chi connectivity index (χ0v) is 10.5. The molecule has 110 valence electrons. The molecule has 0 aliphatic rings. The average molecular weight is 288 g/mol. The van der Waals surface area contributed by atoms with Crippen molar-refractivity contribution in [2.24, 2.45) is 0 Å². The molecule has 0 fully saturated rings. The number of esters is 1. The summed E-state index contributed by atoms with van der Waals surface area (Å²) in [6, 6.07) is 1.50. The minimum atomic E-state index is -1.15. The lowest BCUT2D eigenvalue weighted by atomic mass is 10.1. The standard InChI is InChI=1S/C11H13FN2O6/c1-20-11(17)7-2-9(13-4-6(16)5-15)10(14(18)19)3-8(7)12/h2-3,6,13,15-16H,4-5H2,1H3. The first-order chi connectivity index (χ1) is 9.40. The Morgan fingerprint density at radius 1 is 1.60 bits per heavy atom. The molecule has 0 aliphatic carbocycles. The molecule has 1 rings (SSSR count). The van der Waals surface area contributed by atoms with E-state index in [1.54, 1.807) is 0 Å². The highest BCUT2D eigenvalue weighted by Crippen LogP contribution is 2.28. The maximum Gasteiger partial charge on any atom is 0.340 e. The third-order valence-corrected chi connectivity index (χ3v) is 2.43. The molecule has 0 aromatic heterocycles. The SMILES string of the molecule is COC(=O)c1cc(NCC(O)CO)c([N+](=O)[O-])cc1F. The molecule has 1 aromatic rings. The largest absolute Gasteiger partial charge is 0.465 e. The van der Waals surface area contributed by atoms with Crippen LogP contribution in [0.5, 0.6) is 0 Å². The van der Waals surface area contributed by atoms with E-state index in [0.29, 0.717) is 6.07 Å². The predicted molar refractivity (Wildman–Crippen MR) is 66.0 cm³/mol. The summed E-state index contributed by atoms with van der Waals surface area (Å²) in [7, 11) is 1.05. The molecule has 1 unspecified atom stereocenters. The van der Waals surface area contributed by atoms with Gasteiger partial charge in [0.2, 0.25) is 0 Å². The van der Waals surface area contributed by atoms with Crippen LogP contribution in [0.25, 0.3) is 0 Å². The van der Waals surface area contributed by atoms with Gasteiger partial charge in [-0.1, -0.05) is 0 Å². The van der Waals surface area contributed by atoms with Crippen molar-refractivity contribution >= 4 is 17.3 Å². The summed E-state index contributed by atoms with van der Waals surface area (Å²) in [5.74, 6) is -2.07. The molecule has 9 heteroatoms. The molecule has 0 saturated carbocycles. The van der Waals surface area contributed by atoms with Crippen LogP contribution in [0, 0.1) is 15.9 Å². The van der Waals surface area contributed by atoms with Crippen LogP contribution in [0.15, 0.2) is 12.1 Å². The van der Waals surface area contributed by atoms with E-state index in [2.05, 4.69) is 10.1 Å². The summed E-state index contributed by atoms with van der Waals surface area (Å²) in [5.41, 5.74) is -1.23. The average Bonchev–Trinajstić information content (AvgIpc) is 2.44. The monoisotopic (exact) mass is 288 g/mol. The van der Waals surface area contributed by atoms with Crippen LogP contribution in [0.3, 0.4) is 0 Å². The quantitative estimate of drug-likeness (QED) is 0.390. The number of nitrogens with zero attached hydrogens (tertiary/aromatic N) is 1. The van der Waals surface area contributed by atoms with Gasteiger partial charge < -0.3 is 20.3 Å². The fraction of sp³-hybridized carbons (Fsp3) is 0.364. The molecular weight excluding hydrogens is 275 g/mol. The first-order valence-electron chi connectivity index (χ1n) is 5.49. The second kappa shape index (κ2) is 6.78. The number of nitro benzene ring substituents is 1. The molecule has 1 aromatic carbocycles. The highest BCUT2D eigenvalue weighted by Gasteiger charge is 2.22. The molecule has 0 radical (unpaired) electrons. The van der Waals surface area contributed by atoms with E-state index in [4.69, 9.17) is 5.11 Å². The lowest BCUT2D eigenvalue weighted by Crippen LogP contribution is -2.23. The first-order valence-corrected chi connectivity index (χ1v) is 5.49. The van der Waals surface area contributed by atoms with E-state index in [9.17, 15) is 24.4 Å². The number of aliphatic hydroxyl groups excluding tert-OH is 2. The third-order valence-electron chi connectivity index (χ3n) is 2.43. The van der Waals surface area contributed by atoms with Gasteiger partial charge >= 0.3 is 5.97 Å². The van der Waals surface area contributed by atoms with Crippen LogP contribution in [0.4, 0.5) is 15.8 Å². The third kappa shape index (κ3) is 3.62. The van der Waals surface area contributed by atoms with Gasteiger partial charge in [0.25, 0.3) is 5.69 Å². The van der Waals surface area contributed by atoms with Crippen molar-refractivity contribution in [2.45, 2.75) is 6.10 Å². The van der Waals surface area contributed by atoms with E-state index in [0.717, 1.165) is 13.2 Å². The summed E-state index contributed by atoms with van der Waals surface area (Å²) < 4.78 is 17.9. The minimum absolute atomic E-state index is 0.163. The van der Waals surface area contributed by atoms with Crippen LogP contribution in [0.1, 0.15) is 10.4 Å². The molecule has 1 atom stereocenters. The molecule has 0 bridgehead atoms. The lowest BCUT2D eigenvalue weighted by Gasteiger charge is -2.11. The Morgan fingerprint density at radius 2 is 2.25 bits per heavy atom. The molecule has 20 heavy (non-hydrogen) atoms. The first kappa shape index (κ1) is 15.8. The summed E-state index contributed by atoms with van der Waals surface area (Å²) in [6.07, 6.45) is -1.15. The number of methoxy groups -OCH3 is 1. The number of hydrogen-bond donors (Lipinski definition) is 3. The van der Waals surface area contributed by atoms with Crippen LogP contribution < -0.4 is 5.32 Å². The fourth-order valence-corrected chi connectivity index (χ4v) is 1.41. The van der Waals surface area contributed by atoms with Gasteiger partial charge in [0.15, 0.2) is 0 Å². The van der Waals surface area contributed by atoms with Gasteiger partial charge in [-0.2, -0.15) is 0 Å². The van der Waals surface area contributed by atoms with Crippen molar-refractivity contribution in [3.05, 3.63) is 33.6 Å². The number of halogens is 1. The fourth-order valence-electron chi connectivity index (χ4n) is 1.41. The molecule has 0 aliphatic heterocycles. The second-order valence-electron chi connectivity index (χ2n) is 3.82. The maximum atomic E-state index is 13.6. The molecule has 8 nitrogen and oxygen atoms in total. The summed E-state index contributed by atoms with van der Waals surface area (Å²) in [5, 5.41) is 31.1. The van der Waals surface area contributed by atoms with E-state index in [1.807, 2.05) is 0 Å². The number of carbonyl (C=O) groups is 1. The second-order valence-corrected chi connectivity index (χ2v) is 3.82. The molecule has 0 amide bonds. The van der Waals surface area contributed by atoms with Crippen LogP contribution in [-0.2, 0) is 4.74 Å². The summed E-state index contributed by atoms with van der Waals surface area (Å²) in [4.78, 5) is 21.3. The Bertz CT molecular complexity index is 522. The van der Waals surface area contributed by atoms with Gasteiger partial charge in [0.05, 0.1) is 36.4 Å². The van der Waals surface area contributed by atoms with Crippen molar-refractivity contribution in [1.29, 1.82) is 0 Å². The van der Waals surface area contributed by atoms with Crippen LogP contribution in [-0.4, -0.2) is 47.5 Å². The van der Waals surface area contributed by atoms with Gasteiger partial charge in [-0.05, 0) is 6.07 Å². The Kier molecular flexibility index (Phi) is 5.35. The molecule has 0 heterocycles. The van der Waals surface area contributed by atoms with Crippen molar-refractivity contribution in [3.8, 4) is 0 Å². The van der Waals surface area contributed by atoms with E-state index >= 15 is 0 Å². The maximum absolute atomic E-state index is 13.6. The number of rotatable bonds is 6. The number of carbonyl (C=O) groups excluding carboxylic acids is 1. The minimum Gasteiger partial charge on any atom is -0.465 e. The normalized spacial score (nSPS) is 11.8. The Labute approximate surface area is 112 Å². The van der Waals surface area contributed by atoms with Crippen molar-refractivity contribution < 1.29 is 29.1 Å². The number of ether oxygens (including phenoxy) is 1. The Hall–Kier alpha value is -2.26. The Balaban J connectivity index is 3.16. The van der Waals surface area contributed by atoms with Gasteiger partial charge in [-0.15, -0.1) is 0 Å². The summed E-state index contributed by atoms with van der Waals surface area (Å²) in [6.45, 7) is -0.755. The van der Waals surface area contributed by atoms with Gasteiger partial charge in [-0.3, -0.25) is 10.1 Å².